The van der Waals surface area contributed by atoms with Crippen LogP contribution in [0.1, 0.15) is 38.4 Å². The van der Waals surface area contributed by atoms with E-state index < -0.39 is 0 Å². The smallest absolute Gasteiger partial charge is 0.223 e. The first kappa shape index (κ1) is 12.1. The molecule has 1 rings (SSSR count). The van der Waals surface area contributed by atoms with Gasteiger partial charge in [-0.05, 0) is 0 Å². The van der Waals surface area contributed by atoms with Gasteiger partial charge in [0.15, 0.2) is 5.82 Å². The molecule has 0 fully saturated rings. The average Bonchev–Trinajstić information content (AvgIpc) is 2.56. The molecule has 0 aliphatic carbocycles. The maximum Gasteiger partial charge on any atom is 0.223 e. The van der Waals surface area contributed by atoms with Gasteiger partial charge in [0.2, 0.25) is 5.89 Å². The molecule has 4 heteroatoms. The van der Waals surface area contributed by atoms with Crippen LogP contribution in [0.25, 0.3) is 0 Å². The van der Waals surface area contributed by atoms with Crippen LogP contribution in [0.2, 0.25) is 0 Å². The molecular weight excluding hydrogens is 168 g/mol. The number of rotatable bonds is 3. The summed E-state index contributed by atoms with van der Waals surface area (Å²) in [6.07, 6.45) is 0. The Bertz CT molecular complexity index is 223. The van der Waals surface area contributed by atoms with Crippen molar-refractivity contribution in [2.24, 2.45) is 0 Å². The molecule has 1 aromatic heterocycles. The van der Waals surface area contributed by atoms with Crippen LogP contribution in [0.3, 0.4) is 0 Å². The van der Waals surface area contributed by atoms with Crippen LogP contribution in [0.5, 0.6) is 0 Å². The Morgan fingerprint density at radius 3 is 2.46 bits per heavy atom. The Morgan fingerprint density at radius 2 is 2.08 bits per heavy atom. The molecule has 0 radical (unpaired) electrons. The van der Waals surface area contributed by atoms with Gasteiger partial charge in [0.05, 0.1) is 6.61 Å². The van der Waals surface area contributed by atoms with Crippen LogP contribution in [0.4, 0.5) is 0 Å². The maximum absolute atomic E-state index is 4.95. The first-order valence-electron chi connectivity index (χ1n) is 4.53. The molecule has 13 heavy (non-hydrogen) atoms. The fraction of sp³-hybridized carbons (Fsp3) is 0.778. The molecule has 0 aliphatic heterocycles. The largest absolute Gasteiger partial charge is 0.384 e. The van der Waals surface area contributed by atoms with Crippen molar-refractivity contribution in [1.29, 1.82) is 0 Å². The van der Waals surface area contributed by atoms with Crippen molar-refractivity contribution >= 4 is 0 Å². The molecular formula is C9H18N2O2. The zero-order chi connectivity index (χ0) is 10.3. The second kappa shape index (κ2) is 6.60. The minimum absolute atomic E-state index is 0.206. The van der Waals surface area contributed by atoms with Crippen molar-refractivity contribution < 1.29 is 9.26 Å². The molecule has 0 saturated carbocycles. The summed E-state index contributed by atoms with van der Waals surface area (Å²) in [6.45, 7) is 8.39. The van der Waals surface area contributed by atoms with Crippen LogP contribution < -0.4 is 0 Å². The monoisotopic (exact) mass is 186 g/mol. The molecule has 4 nitrogen and oxygen atoms in total. The summed E-state index contributed by atoms with van der Waals surface area (Å²) in [5, 5.41) is 3.77. The molecule has 1 heterocycles. The summed E-state index contributed by atoms with van der Waals surface area (Å²) >= 11 is 0. The van der Waals surface area contributed by atoms with E-state index in [4.69, 9.17) is 9.26 Å². The van der Waals surface area contributed by atoms with Crippen molar-refractivity contribution in [3.05, 3.63) is 11.7 Å². The Hall–Kier alpha value is -0.900. The third-order valence-corrected chi connectivity index (χ3v) is 1.40. The van der Waals surface area contributed by atoms with Gasteiger partial charge in [0.25, 0.3) is 0 Å². The molecule has 0 amide bonds. The van der Waals surface area contributed by atoms with E-state index in [0.29, 0.717) is 18.3 Å². The molecule has 76 valence electrons. The normalized spacial score (nSPS) is 11.8. The third kappa shape index (κ3) is 4.03. The van der Waals surface area contributed by atoms with Crippen molar-refractivity contribution in [3.63, 3.8) is 0 Å². The van der Waals surface area contributed by atoms with E-state index >= 15 is 0 Å². The second-order valence-corrected chi connectivity index (χ2v) is 2.53. The van der Waals surface area contributed by atoms with Crippen molar-refractivity contribution in [2.75, 3.05) is 13.7 Å². The fourth-order valence-corrected chi connectivity index (χ4v) is 0.840. The highest BCUT2D eigenvalue weighted by Crippen LogP contribution is 2.10. The summed E-state index contributed by atoms with van der Waals surface area (Å²) in [5.41, 5.74) is 0. The van der Waals surface area contributed by atoms with E-state index in [-0.39, 0.29) is 5.92 Å². The molecule has 0 aliphatic rings. The van der Waals surface area contributed by atoms with Crippen LogP contribution >= 0.6 is 0 Å². The van der Waals surface area contributed by atoms with Gasteiger partial charge >= 0.3 is 0 Å². The summed E-state index contributed by atoms with van der Waals surface area (Å²) in [4.78, 5) is 4.07. The third-order valence-electron chi connectivity index (χ3n) is 1.40. The average molecular weight is 186 g/mol. The lowest BCUT2D eigenvalue weighted by molar-refractivity contribution is 0.180. The van der Waals surface area contributed by atoms with Crippen molar-refractivity contribution in [3.8, 4) is 0 Å². The molecule has 1 aromatic rings. The lowest BCUT2D eigenvalue weighted by Crippen LogP contribution is -2.03. The summed E-state index contributed by atoms with van der Waals surface area (Å²) in [5.74, 6) is 1.52. The van der Waals surface area contributed by atoms with E-state index in [2.05, 4.69) is 10.1 Å². The quantitative estimate of drug-likeness (QED) is 0.725. The maximum atomic E-state index is 4.95. The molecule has 0 N–H and O–H groups in total. The SMILES string of the molecule is CC.COCC(C)c1noc(C)n1. The molecule has 1 unspecified atom stereocenters. The Labute approximate surface area is 79.3 Å². The van der Waals surface area contributed by atoms with Crippen LogP contribution in [0.15, 0.2) is 4.52 Å². The number of methoxy groups -OCH3 is 1. The van der Waals surface area contributed by atoms with E-state index in [1.165, 1.54) is 0 Å². The fourth-order valence-electron chi connectivity index (χ4n) is 0.840. The van der Waals surface area contributed by atoms with Gasteiger partial charge in [-0.2, -0.15) is 4.98 Å². The number of aryl methyl sites for hydroxylation is 1. The van der Waals surface area contributed by atoms with Gasteiger partial charge in [-0.15, -0.1) is 0 Å². The van der Waals surface area contributed by atoms with E-state index in [1.54, 1.807) is 14.0 Å². The Balaban J connectivity index is 0.000000671. The zero-order valence-electron chi connectivity index (χ0n) is 9.00. The van der Waals surface area contributed by atoms with Crippen LogP contribution in [0, 0.1) is 6.92 Å². The van der Waals surface area contributed by atoms with Crippen LogP contribution in [-0.4, -0.2) is 23.9 Å². The van der Waals surface area contributed by atoms with E-state index in [1.807, 2.05) is 20.8 Å². The molecule has 0 spiro atoms. The summed E-state index contributed by atoms with van der Waals surface area (Å²) in [6, 6.07) is 0. The summed E-state index contributed by atoms with van der Waals surface area (Å²) < 4.78 is 9.76. The first-order valence-corrected chi connectivity index (χ1v) is 4.53. The number of hydrogen-bond donors (Lipinski definition) is 0. The standard InChI is InChI=1S/C7H12N2O2.C2H6/c1-5(4-10-3)7-8-6(2)11-9-7;1-2/h5H,4H2,1-3H3;1-2H3. The molecule has 0 saturated heterocycles. The number of hydrogen-bond acceptors (Lipinski definition) is 4. The Morgan fingerprint density at radius 1 is 1.46 bits per heavy atom. The minimum Gasteiger partial charge on any atom is -0.384 e. The topological polar surface area (TPSA) is 48.2 Å². The summed E-state index contributed by atoms with van der Waals surface area (Å²) in [7, 11) is 1.66. The van der Waals surface area contributed by atoms with Crippen LogP contribution in [-0.2, 0) is 4.74 Å². The van der Waals surface area contributed by atoms with Gasteiger partial charge < -0.3 is 9.26 Å². The van der Waals surface area contributed by atoms with Gasteiger partial charge in [-0.3, -0.25) is 0 Å². The highest BCUT2D eigenvalue weighted by atomic mass is 16.5. The number of aromatic nitrogens is 2. The van der Waals surface area contributed by atoms with E-state index in [0.717, 1.165) is 0 Å². The molecule has 0 bridgehead atoms. The predicted molar refractivity (Wildman–Crippen MR) is 50.7 cm³/mol. The zero-order valence-corrected chi connectivity index (χ0v) is 9.00. The highest BCUT2D eigenvalue weighted by molar-refractivity contribution is 4.91. The van der Waals surface area contributed by atoms with Gasteiger partial charge in [0, 0.05) is 20.0 Å². The van der Waals surface area contributed by atoms with Gasteiger partial charge in [-0.1, -0.05) is 25.9 Å². The molecule has 0 aromatic carbocycles. The van der Waals surface area contributed by atoms with Gasteiger partial charge in [-0.25, -0.2) is 0 Å². The van der Waals surface area contributed by atoms with Crippen molar-refractivity contribution in [2.45, 2.75) is 33.6 Å². The number of nitrogens with zero attached hydrogens (tertiary/aromatic N) is 2. The Kier molecular flexibility index (Phi) is 6.14. The highest BCUT2D eigenvalue weighted by Gasteiger charge is 2.10. The minimum atomic E-state index is 0.206. The van der Waals surface area contributed by atoms with Crippen molar-refractivity contribution in [1.82, 2.24) is 10.1 Å². The van der Waals surface area contributed by atoms with Gasteiger partial charge in [0.1, 0.15) is 0 Å². The van der Waals surface area contributed by atoms with E-state index in [9.17, 15) is 0 Å². The molecule has 1 atom stereocenters. The number of ether oxygens (including phenoxy) is 1. The first-order chi connectivity index (χ1) is 6.24. The lowest BCUT2D eigenvalue weighted by Gasteiger charge is -2.02. The second-order valence-electron chi connectivity index (χ2n) is 2.53. The predicted octanol–water partition coefficient (Wildman–Crippen LogP) is 2.15. The lowest BCUT2D eigenvalue weighted by atomic mass is 10.2.